The van der Waals surface area contributed by atoms with Crippen molar-refractivity contribution in [3.05, 3.63) is 27.9 Å². The number of nitrogens with zero attached hydrogens (tertiary/aromatic N) is 2. The first-order valence-corrected chi connectivity index (χ1v) is 5.25. The molecule has 0 aliphatic carbocycles. The van der Waals surface area contributed by atoms with Crippen LogP contribution < -0.4 is 5.32 Å². The molecule has 0 aromatic carbocycles. The van der Waals surface area contributed by atoms with E-state index < -0.39 is 22.1 Å². The third-order valence-corrected chi connectivity index (χ3v) is 2.07. The minimum absolute atomic E-state index is 0.262. The van der Waals surface area contributed by atoms with Gasteiger partial charge < -0.3 is 15.2 Å². The highest BCUT2D eigenvalue weighted by atomic mass is 16.6. The van der Waals surface area contributed by atoms with E-state index in [1.807, 2.05) is 6.92 Å². The maximum atomic E-state index is 10.9. The Morgan fingerprint density at radius 2 is 2.39 bits per heavy atom. The summed E-state index contributed by atoms with van der Waals surface area (Å²) in [7, 11) is 0. The van der Waals surface area contributed by atoms with E-state index in [2.05, 4.69) is 10.3 Å². The number of ether oxygens (including phenoxy) is 1. The molecule has 18 heavy (non-hydrogen) atoms. The topological polar surface area (TPSA) is 115 Å². The molecule has 1 heterocycles. The zero-order valence-electron chi connectivity index (χ0n) is 9.75. The number of aromatic nitrogens is 1. The van der Waals surface area contributed by atoms with Crippen LogP contribution in [-0.2, 0) is 4.74 Å². The van der Waals surface area contributed by atoms with Crippen LogP contribution >= 0.6 is 0 Å². The van der Waals surface area contributed by atoms with Crippen LogP contribution in [-0.4, -0.2) is 40.7 Å². The highest BCUT2D eigenvalue weighted by Gasteiger charge is 2.20. The Balaban J connectivity index is 2.80. The van der Waals surface area contributed by atoms with Crippen LogP contribution in [0.5, 0.6) is 0 Å². The summed E-state index contributed by atoms with van der Waals surface area (Å²) < 4.78 is 5.08. The second kappa shape index (κ2) is 6.50. The molecule has 0 spiro atoms. The van der Waals surface area contributed by atoms with Gasteiger partial charge in [-0.05, 0) is 6.92 Å². The summed E-state index contributed by atoms with van der Waals surface area (Å²) in [4.78, 5) is 24.5. The van der Waals surface area contributed by atoms with Crippen LogP contribution in [0, 0.1) is 10.1 Å². The SMILES string of the molecule is CCOCCNc1cc(C(=O)O)c([N+](=O)[O-])cn1. The van der Waals surface area contributed by atoms with E-state index >= 15 is 0 Å². The molecule has 98 valence electrons. The minimum Gasteiger partial charge on any atom is -0.477 e. The van der Waals surface area contributed by atoms with Gasteiger partial charge in [-0.25, -0.2) is 9.78 Å². The van der Waals surface area contributed by atoms with Crippen molar-refractivity contribution in [1.29, 1.82) is 0 Å². The molecule has 2 N–H and O–H groups in total. The van der Waals surface area contributed by atoms with Crippen molar-refractivity contribution in [3.63, 3.8) is 0 Å². The van der Waals surface area contributed by atoms with Crippen molar-refractivity contribution < 1.29 is 19.6 Å². The monoisotopic (exact) mass is 255 g/mol. The zero-order chi connectivity index (χ0) is 13.5. The molecule has 0 saturated heterocycles. The molecule has 0 aliphatic heterocycles. The Hall–Kier alpha value is -2.22. The van der Waals surface area contributed by atoms with Gasteiger partial charge in [0.2, 0.25) is 0 Å². The van der Waals surface area contributed by atoms with Crippen molar-refractivity contribution in [2.75, 3.05) is 25.1 Å². The lowest BCUT2D eigenvalue weighted by molar-refractivity contribution is -0.385. The first-order valence-electron chi connectivity index (χ1n) is 5.25. The smallest absolute Gasteiger partial charge is 0.342 e. The van der Waals surface area contributed by atoms with Gasteiger partial charge in [0.15, 0.2) is 0 Å². The van der Waals surface area contributed by atoms with E-state index in [1.165, 1.54) is 0 Å². The van der Waals surface area contributed by atoms with Gasteiger partial charge in [0.05, 0.1) is 11.5 Å². The van der Waals surface area contributed by atoms with Gasteiger partial charge in [-0.1, -0.05) is 0 Å². The summed E-state index contributed by atoms with van der Waals surface area (Å²) in [5, 5.41) is 22.3. The second-order valence-electron chi connectivity index (χ2n) is 3.27. The molecule has 0 fully saturated rings. The zero-order valence-corrected chi connectivity index (χ0v) is 9.75. The number of carbonyl (C=O) groups is 1. The summed E-state index contributed by atoms with van der Waals surface area (Å²) >= 11 is 0. The second-order valence-corrected chi connectivity index (χ2v) is 3.27. The number of nitrogens with one attached hydrogen (secondary N) is 1. The van der Waals surface area contributed by atoms with Crippen molar-refractivity contribution >= 4 is 17.5 Å². The molecule has 0 amide bonds. The Bertz CT molecular complexity index is 449. The fourth-order valence-electron chi connectivity index (χ4n) is 1.26. The van der Waals surface area contributed by atoms with Crippen molar-refractivity contribution in [3.8, 4) is 0 Å². The molecule has 0 aliphatic rings. The number of aromatic carboxylic acids is 1. The fourth-order valence-corrected chi connectivity index (χ4v) is 1.26. The number of carboxylic acid groups (broad SMARTS) is 1. The number of anilines is 1. The van der Waals surface area contributed by atoms with Crippen molar-refractivity contribution in [1.82, 2.24) is 4.98 Å². The van der Waals surface area contributed by atoms with E-state index in [0.717, 1.165) is 12.3 Å². The Kier molecular flexibility index (Phi) is 5.00. The summed E-state index contributed by atoms with van der Waals surface area (Å²) in [5.74, 6) is -1.10. The number of carboxylic acids is 1. The number of hydrogen-bond donors (Lipinski definition) is 2. The number of pyridine rings is 1. The molecule has 1 aromatic rings. The molecule has 0 saturated carbocycles. The third kappa shape index (κ3) is 3.67. The van der Waals surface area contributed by atoms with E-state index in [-0.39, 0.29) is 5.82 Å². The molecule has 1 aromatic heterocycles. The van der Waals surface area contributed by atoms with Gasteiger partial charge in [0.25, 0.3) is 0 Å². The Morgan fingerprint density at radius 3 is 2.94 bits per heavy atom. The molecule has 8 nitrogen and oxygen atoms in total. The molecule has 0 radical (unpaired) electrons. The van der Waals surface area contributed by atoms with Crippen LogP contribution in [0.3, 0.4) is 0 Å². The van der Waals surface area contributed by atoms with E-state index in [1.54, 1.807) is 0 Å². The van der Waals surface area contributed by atoms with Crippen LogP contribution in [0.4, 0.5) is 11.5 Å². The lowest BCUT2D eigenvalue weighted by Gasteiger charge is -2.06. The fraction of sp³-hybridized carbons (Fsp3) is 0.400. The van der Waals surface area contributed by atoms with Gasteiger partial charge in [0, 0.05) is 19.2 Å². The van der Waals surface area contributed by atoms with Crippen molar-refractivity contribution in [2.24, 2.45) is 0 Å². The lowest BCUT2D eigenvalue weighted by Crippen LogP contribution is -2.12. The molecular formula is C10H13N3O5. The number of rotatable bonds is 7. The standard InChI is InChI=1S/C10H13N3O5/c1-2-18-4-3-11-9-5-7(10(14)15)8(6-12-9)13(16)17/h5-6H,2-4H2,1H3,(H,11,12)(H,14,15). The molecule has 0 bridgehead atoms. The Labute approximate surface area is 103 Å². The molecule has 8 heteroatoms. The normalized spacial score (nSPS) is 10.1. The van der Waals surface area contributed by atoms with Crippen LogP contribution in [0.1, 0.15) is 17.3 Å². The highest BCUT2D eigenvalue weighted by Crippen LogP contribution is 2.19. The average molecular weight is 255 g/mol. The summed E-state index contributed by atoms with van der Waals surface area (Å²) in [6, 6.07) is 1.13. The van der Waals surface area contributed by atoms with Crippen LogP contribution in [0.25, 0.3) is 0 Å². The molecule has 0 atom stereocenters. The highest BCUT2D eigenvalue weighted by molar-refractivity contribution is 5.93. The predicted molar refractivity (Wildman–Crippen MR) is 62.8 cm³/mol. The number of hydrogen-bond acceptors (Lipinski definition) is 6. The first-order chi connectivity index (χ1) is 8.56. The maximum Gasteiger partial charge on any atom is 0.342 e. The summed E-state index contributed by atoms with van der Waals surface area (Å²) in [6.07, 6.45) is 0.923. The predicted octanol–water partition coefficient (Wildman–Crippen LogP) is 1.14. The number of nitro groups is 1. The van der Waals surface area contributed by atoms with Crippen molar-refractivity contribution in [2.45, 2.75) is 6.92 Å². The van der Waals surface area contributed by atoms with E-state index in [4.69, 9.17) is 9.84 Å². The van der Waals surface area contributed by atoms with Crippen LogP contribution in [0.15, 0.2) is 12.3 Å². The van der Waals surface area contributed by atoms with Gasteiger partial charge >= 0.3 is 11.7 Å². The average Bonchev–Trinajstić information content (AvgIpc) is 2.34. The summed E-state index contributed by atoms with van der Waals surface area (Å²) in [6.45, 7) is 3.32. The van der Waals surface area contributed by atoms with Gasteiger partial charge in [-0.15, -0.1) is 0 Å². The van der Waals surface area contributed by atoms with Gasteiger partial charge in [-0.3, -0.25) is 10.1 Å². The van der Waals surface area contributed by atoms with Gasteiger partial charge in [0.1, 0.15) is 17.6 Å². The quantitative estimate of drug-likeness (QED) is 0.426. The maximum absolute atomic E-state index is 10.9. The molecule has 0 unspecified atom stereocenters. The van der Waals surface area contributed by atoms with E-state index in [0.29, 0.717) is 19.8 Å². The Morgan fingerprint density at radius 1 is 1.67 bits per heavy atom. The summed E-state index contributed by atoms with van der Waals surface area (Å²) in [5.41, 5.74) is -0.924. The minimum atomic E-state index is -1.36. The van der Waals surface area contributed by atoms with Gasteiger partial charge in [-0.2, -0.15) is 0 Å². The molecule has 1 rings (SSSR count). The van der Waals surface area contributed by atoms with Crippen LogP contribution in [0.2, 0.25) is 0 Å². The van der Waals surface area contributed by atoms with E-state index in [9.17, 15) is 14.9 Å². The lowest BCUT2D eigenvalue weighted by atomic mass is 10.2. The largest absolute Gasteiger partial charge is 0.477 e. The molecular weight excluding hydrogens is 242 g/mol. The first kappa shape index (κ1) is 13.8. The third-order valence-electron chi connectivity index (χ3n) is 2.07.